The van der Waals surface area contributed by atoms with E-state index in [1.165, 1.54) is 0 Å². The zero-order chi connectivity index (χ0) is 16.8. The predicted octanol–water partition coefficient (Wildman–Crippen LogP) is 2.53. The van der Waals surface area contributed by atoms with Gasteiger partial charge >= 0.3 is 5.97 Å². The molecule has 7 heteroatoms. The van der Waals surface area contributed by atoms with Crippen LogP contribution in [0.15, 0.2) is 18.2 Å². The van der Waals surface area contributed by atoms with Crippen LogP contribution in [0.3, 0.4) is 0 Å². The van der Waals surface area contributed by atoms with Gasteiger partial charge in [-0.15, -0.1) is 0 Å². The van der Waals surface area contributed by atoms with Gasteiger partial charge in [0.15, 0.2) is 5.11 Å². The fourth-order valence-corrected chi connectivity index (χ4v) is 2.90. The largest absolute Gasteiger partial charge is 0.465 e. The molecule has 0 aliphatic carbocycles. The van der Waals surface area contributed by atoms with Gasteiger partial charge in [-0.2, -0.15) is 0 Å². The quantitative estimate of drug-likeness (QED) is 0.661. The summed E-state index contributed by atoms with van der Waals surface area (Å²) >= 11 is 11.6. The molecule has 0 amide bonds. The van der Waals surface area contributed by atoms with Crippen LogP contribution in [0.2, 0.25) is 5.02 Å². The summed E-state index contributed by atoms with van der Waals surface area (Å²) in [6, 6.07) is 5.72. The van der Waals surface area contributed by atoms with E-state index in [1.807, 2.05) is 32.0 Å². The number of thiocarbonyl (C=S) groups is 1. The monoisotopic (exact) mass is 355 g/mol. The third kappa shape index (κ3) is 5.06. The molecule has 126 valence electrons. The third-order valence-electron chi connectivity index (χ3n) is 3.83. The van der Waals surface area contributed by atoms with Crippen LogP contribution in [0.4, 0.5) is 5.69 Å². The summed E-state index contributed by atoms with van der Waals surface area (Å²) in [6.45, 7) is 7.68. The molecule has 0 radical (unpaired) electrons. The Bertz CT molecular complexity index is 574. The van der Waals surface area contributed by atoms with E-state index in [1.54, 1.807) is 0 Å². The molecule has 23 heavy (non-hydrogen) atoms. The number of nitrogens with zero attached hydrogens (tertiary/aromatic N) is 2. The number of hydrogen-bond donors (Lipinski definition) is 1. The number of nitrogens with one attached hydrogen (secondary N) is 1. The lowest BCUT2D eigenvalue weighted by atomic mass is 10.2. The molecular formula is C16H22ClN3O2S. The Balaban J connectivity index is 1.84. The number of hydrogen-bond acceptors (Lipinski definition) is 4. The van der Waals surface area contributed by atoms with Crippen molar-refractivity contribution >= 4 is 40.6 Å². The van der Waals surface area contributed by atoms with Gasteiger partial charge in [0.1, 0.15) is 0 Å². The molecule has 1 saturated heterocycles. The lowest BCUT2D eigenvalue weighted by Crippen LogP contribution is -2.51. The molecule has 1 aliphatic heterocycles. The molecule has 1 N–H and O–H groups in total. The van der Waals surface area contributed by atoms with E-state index in [0.717, 1.165) is 42.5 Å². The molecule has 1 aliphatic rings. The van der Waals surface area contributed by atoms with Gasteiger partial charge in [0.05, 0.1) is 13.2 Å². The predicted molar refractivity (Wildman–Crippen MR) is 97.1 cm³/mol. The van der Waals surface area contributed by atoms with E-state index < -0.39 is 0 Å². The van der Waals surface area contributed by atoms with Crippen molar-refractivity contribution in [2.24, 2.45) is 0 Å². The Morgan fingerprint density at radius 3 is 2.70 bits per heavy atom. The van der Waals surface area contributed by atoms with Gasteiger partial charge in [-0.1, -0.05) is 17.7 Å². The molecule has 0 unspecified atom stereocenters. The van der Waals surface area contributed by atoms with Crippen LogP contribution in [0.25, 0.3) is 0 Å². The Kier molecular flexibility index (Phi) is 6.62. The van der Waals surface area contributed by atoms with Crippen molar-refractivity contribution in [2.75, 3.05) is 44.6 Å². The second-order valence-corrected chi connectivity index (χ2v) is 6.20. The van der Waals surface area contributed by atoms with Crippen molar-refractivity contribution in [3.63, 3.8) is 0 Å². The summed E-state index contributed by atoms with van der Waals surface area (Å²) in [5, 5.41) is 4.67. The number of esters is 1. The number of ether oxygens (including phenoxy) is 1. The first-order chi connectivity index (χ1) is 11.0. The summed E-state index contributed by atoms with van der Waals surface area (Å²) in [4.78, 5) is 15.7. The minimum absolute atomic E-state index is 0.170. The van der Waals surface area contributed by atoms with Crippen molar-refractivity contribution in [1.29, 1.82) is 0 Å². The number of piperazine rings is 1. The van der Waals surface area contributed by atoms with Crippen molar-refractivity contribution < 1.29 is 9.53 Å². The molecule has 1 aromatic carbocycles. The molecular weight excluding hydrogens is 334 g/mol. The summed E-state index contributed by atoms with van der Waals surface area (Å²) in [6.07, 6.45) is 0. The average Bonchev–Trinajstić information content (AvgIpc) is 2.52. The van der Waals surface area contributed by atoms with E-state index in [2.05, 4.69) is 15.1 Å². The topological polar surface area (TPSA) is 44.8 Å². The number of anilines is 1. The number of halogens is 1. The smallest absolute Gasteiger partial charge is 0.320 e. The highest BCUT2D eigenvalue weighted by Gasteiger charge is 2.21. The lowest BCUT2D eigenvalue weighted by molar-refractivity contribution is -0.144. The van der Waals surface area contributed by atoms with Crippen molar-refractivity contribution in [1.82, 2.24) is 9.80 Å². The Labute approximate surface area is 147 Å². The van der Waals surface area contributed by atoms with Gasteiger partial charge in [-0.25, -0.2) is 0 Å². The maximum Gasteiger partial charge on any atom is 0.320 e. The van der Waals surface area contributed by atoms with Crippen LogP contribution in [-0.2, 0) is 9.53 Å². The van der Waals surface area contributed by atoms with E-state index in [9.17, 15) is 4.79 Å². The van der Waals surface area contributed by atoms with E-state index in [4.69, 9.17) is 28.6 Å². The standard InChI is InChI=1S/C16H22ClN3O2S/c1-3-22-15(21)11-19-7-9-20(10-8-19)16(23)18-14-6-4-5-13(17)12(14)2/h4-6H,3,7-11H2,1-2H3,(H,18,23). The molecule has 1 heterocycles. The third-order valence-corrected chi connectivity index (χ3v) is 4.60. The molecule has 1 fully saturated rings. The SMILES string of the molecule is CCOC(=O)CN1CCN(C(=S)Nc2cccc(Cl)c2C)CC1. The van der Waals surface area contributed by atoms with Crippen LogP contribution in [0, 0.1) is 6.92 Å². The molecule has 2 rings (SSSR count). The fraction of sp³-hybridized carbons (Fsp3) is 0.500. The van der Waals surface area contributed by atoms with Gasteiger partial charge in [-0.3, -0.25) is 9.69 Å². The van der Waals surface area contributed by atoms with Crippen LogP contribution in [-0.4, -0.2) is 60.2 Å². The van der Waals surface area contributed by atoms with Gasteiger partial charge in [0.25, 0.3) is 0 Å². The van der Waals surface area contributed by atoms with Gasteiger partial charge < -0.3 is 15.0 Å². The molecule has 5 nitrogen and oxygen atoms in total. The van der Waals surface area contributed by atoms with Crippen LogP contribution in [0.1, 0.15) is 12.5 Å². The first-order valence-electron chi connectivity index (χ1n) is 7.70. The molecule has 1 aromatic rings. The average molecular weight is 356 g/mol. The van der Waals surface area contributed by atoms with Crippen LogP contribution >= 0.6 is 23.8 Å². The maximum atomic E-state index is 11.5. The minimum atomic E-state index is -0.170. The second kappa shape index (κ2) is 8.47. The zero-order valence-corrected chi connectivity index (χ0v) is 15.0. The summed E-state index contributed by atoms with van der Waals surface area (Å²) in [7, 11) is 0. The number of carbonyl (C=O) groups excluding carboxylic acids is 1. The summed E-state index contributed by atoms with van der Waals surface area (Å²) in [5.74, 6) is -0.170. The van der Waals surface area contributed by atoms with Gasteiger partial charge in [-0.05, 0) is 43.8 Å². The highest BCUT2D eigenvalue weighted by atomic mass is 35.5. The van der Waals surface area contributed by atoms with E-state index in [0.29, 0.717) is 18.3 Å². The maximum absolute atomic E-state index is 11.5. The Hall–Kier alpha value is -1.37. The van der Waals surface area contributed by atoms with Crippen LogP contribution < -0.4 is 5.32 Å². The van der Waals surface area contributed by atoms with E-state index >= 15 is 0 Å². The molecule has 0 atom stereocenters. The zero-order valence-electron chi connectivity index (χ0n) is 13.5. The lowest BCUT2D eigenvalue weighted by Gasteiger charge is -2.35. The van der Waals surface area contributed by atoms with Gasteiger partial charge in [0, 0.05) is 36.9 Å². The van der Waals surface area contributed by atoms with Crippen molar-refractivity contribution in [3.05, 3.63) is 28.8 Å². The summed E-state index contributed by atoms with van der Waals surface area (Å²) in [5.41, 5.74) is 1.91. The Morgan fingerprint density at radius 2 is 2.04 bits per heavy atom. The van der Waals surface area contributed by atoms with E-state index in [-0.39, 0.29) is 5.97 Å². The highest BCUT2D eigenvalue weighted by molar-refractivity contribution is 7.80. The summed E-state index contributed by atoms with van der Waals surface area (Å²) < 4.78 is 4.98. The molecule has 0 bridgehead atoms. The molecule has 0 saturated carbocycles. The second-order valence-electron chi connectivity index (χ2n) is 5.41. The van der Waals surface area contributed by atoms with Crippen molar-refractivity contribution in [2.45, 2.75) is 13.8 Å². The first-order valence-corrected chi connectivity index (χ1v) is 8.49. The minimum Gasteiger partial charge on any atom is -0.465 e. The molecule has 0 aromatic heterocycles. The Morgan fingerprint density at radius 1 is 1.35 bits per heavy atom. The number of benzene rings is 1. The normalized spacial score (nSPS) is 15.3. The van der Waals surface area contributed by atoms with Gasteiger partial charge in [0.2, 0.25) is 0 Å². The van der Waals surface area contributed by atoms with Crippen molar-refractivity contribution in [3.8, 4) is 0 Å². The van der Waals surface area contributed by atoms with Crippen LogP contribution in [0.5, 0.6) is 0 Å². The fourth-order valence-electron chi connectivity index (χ4n) is 2.44. The molecule has 0 spiro atoms. The number of carbonyl (C=O) groups is 1. The highest BCUT2D eigenvalue weighted by Crippen LogP contribution is 2.23. The first kappa shape index (κ1) is 18.0. The number of rotatable bonds is 4.